The molecule has 1 atom stereocenters. The van der Waals surface area contributed by atoms with E-state index in [0.29, 0.717) is 0 Å². The minimum atomic E-state index is -0.160. The number of carbonyl (C=O) groups is 1. The normalized spacial score (nSPS) is 16.5. The highest BCUT2D eigenvalue weighted by atomic mass is 32.2. The molecule has 0 N–H and O–H groups in total. The van der Waals surface area contributed by atoms with Crippen molar-refractivity contribution in [2.45, 2.75) is 56.9 Å². The molecular formula is C19H26N4OS. The molecule has 1 amide bonds. The monoisotopic (exact) mass is 358 g/mol. The molecule has 6 heteroatoms. The van der Waals surface area contributed by atoms with Crippen molar-refractivity contribution in [2.75, 3.05) is 13.1 Å². The number of benzene rings is 1. The van der Waals surface area contributed by atoms with Crippen LogP contribution in [0, 0.1) is 13.8 Å². The number of aryl methyl sites for hydroxylation is 2. The first-order chi connectivity index (χ1) is 12.1. The SMILES string of the molecule is Cc1ccc(-n2cnnc2SC(C)C(=O)N2CCCCCC2)c(C)c1. The Morgan fingerprint density at radius 2 is 1.88 bits per heavy atom. The van der Waals surface area contributed by atoms with Crippen molar-refractivity contribution < 1.29 is 4.79 Å². The summed E-state index contributed by atoms with van der Waals surface area (Å²) >= 11 is 1.49. The Labute approximate surface area is 153 Å². The number of aromatic nitrogens is 3. The van der Waals surface area contributed by atoms with Crippen LogP contribution in [0.15, 0.2) is 29.7 Å². The maximum atomic E-state index is 12.8. The molecule has 5 nitrogen and oxygen atoms in total. The van der Waals surface area contributed by atoms with Gasteiger partial charge in [-0.15, -0.1) is 10.2 Å². The molecule has 0 bridgehead atoms. The van der Waals surface area contributed by atoms with E-state index in [0.717, 1.165) is 36.8 Å². The lowest BCUT2D eigenvalue weighted by atomic mass is 10.1. The van der Waals surface area contributed by atoms with E-state index in [9.17, 15) is 4.79 Å². The summed E-state index contributed by atoms with van der Waals surface area (Å²) in [6.45, 7) is 7.91. The number of rotatable bonds is 4. The van der Waals surface area contributed by atoms with Crippen molar-refractivity contribution in [1.82, 2.24) is 19.7 Å². The minimum Gasteiger partial charge on any atom is -0.342 e. The standard InChI is InChI=1S/C19H26N4OS/c1-14-8-9-17(15(2)12-14)23-13-20-21-19(23)25-16(3)18(24)22-10-6-4-5-7-11-22/h8-9,12-13,16H,4-7,10-11H2,1-3H3. The van der Waals surface area contributed by atoms with Crippen molar-refractivity contribution in [3.05, 3.63) is 35.7 Å². The highest BCUT2D eigenvalue weighted by Gasteiger charge is 2.24. The zero-order chi connectivity index (χ0) is 17.8. The smallest absolute Gasteiger partial charge is 0.235 e. The van der Waals surface area contributed by atoms with Crippen LogP contribution >= 0.6 is 11.8 Å². The first kappa shape index (κ1) is 18.0. The van der Waals surface area contributed by atoms with Gasteiger partial charge in [-0.2, -0.15) is 0 Å². The van der Waals surface area contributed by atoms with Gasteiger partial charge in [0.1, 0.15) is 6.33 Å². The van der Waals surface area contributed by atoms with Gasteiger partial charge in [0.2, 0.25) is 5.91 Å². The van der Waals surface area contributed by atoms with Crippen LogP contribution in [0.25, 0.3) is 5.69 Å². The average Bonchev–Trinajstić information content (AvgIpc) is 2.86. The maximum absolute atomic E-state index is 12.8. The van der Waals surface area contributed by atoms with Crippen molar-refractivity contribution in [1.29, 1.82) is 0 Å². The molecule has 0 aliphatic carbocycles. The van der Waals surface area contributed by atoms with E-state index in [1.54, 1.807) is 6.33 Å². The Bertz CT molecular complexity index is 735. The summed E-state index contributed by atoms with van der Waals surface area (Å²) < 4.78 is 1.98. The van der Waals surface area contributed by atoms with E-state index in [4.69, 9.17) is 0 Å². The van der Waals surface area contributed by atoms with Crippen LogP contribution in [0.1, 0.15) is 43.7 Å². The molecule has 0 saturated carbocycles. The third-order valence-corrected chi connectivity index (χ3v) is 5.72. The molecule has 0 radical (unpaired) electrons. The van der Waals surface area contributed by atoms with Gasteiger partial charge in [-0.25, -0.2) is 0 Å². The van der Waals surface area contributed by atoms with E-state index < -0.39 is 0 Å². The van der Waals surface area contributed by atoms with Gasteiger partial charge in [-0.05, 0) is 45.2 Å². The summed E-state index contributed by atoms with van der Waals surface area (Å²) in [6.07, 6.45) is 6.41. The molecule has 1 aromatic heterocycles. The van der Waals surface area contributed by atoms with Crippen molar-refractivity contribution in [3.8, 4) is 5.69 Å². The highest BCUT2D eigenvalue weighted by Crippen LogP contribution is 2.27. The lowest BCUT2D eigenvalue weighted by Gasteiger charge is -2.23. The van der Waals surface area contributed by atoms with Crippen LogP contribution in [0.2, 0.25) is 0 Å². The summed E-state index contributed by atoms with van der Waals surface area (Å²) in [5.74, 6) is 0.210. The highest BCUT2D eigenvalue weighted by molar-refractivity contribution is 8.00. The summed E-state index contributed by atoms with van der Waals surface area (Å²) in [5.41, 5.74) is 3.47. The summed E-state index contributed by atoms with van der Waals surface area (Å²) in [6, 6.07) is 6.32. The first-order valence-corrected chi connectivity index (χ1v) is 9.87. The summed E-state index contributed by atoms with van der Waals surface area (Å²) in [4.78, 5) is 14.8. The Hall–Kier alpha value is -1.82. The third-order valence-electron chi connectivity index (χ3n) is 4.68. The second-order valence-corrected chi connectivity index (χ2v) is 8.08. The zero-order valence-corrected chi connectivity index (χ0v) is 16.1. The fourth-order valence-corrected chi connectivity index (χ4v) is 4.22. The number of nitrogens with zero attached hydrogens (tertiary/aromatic N) is 4. The number of hydrogen-bond donors (Lipinski definition) is 0. The molecule has 2 heterocycles. The fraction of sp³-hybridized carbons (Fsp3) is 0.526. The maximum Gasteiger partial charge on any atom is 0.235 e. The van der Waals surface area contributed by atoms with Gasteiger partial charge in [0, 0.05) is 13.1 Å². The molecule has 1 aromatic carbocycles. The quantitative estimate of drug-likeness (QED) is 0.781. The molecule has 25 heavy (non-hydrogen) atoms. The average molecular weight is 359 g/mol. The molecule has 1 aliphatic heterocycles. The van der Waals surface area contributed by atoms with Gasteiger partial charge in [-0.3, -0.25) is 9.36 Å². The van der Waals surface area contributed by atoms with Crippen LogP contribution in [0.4, 0.5) is 0 Å². The Morgan fingerprint density at radius 1 is 1.16 bits per heavy atom. The van der Waals surface area contributed by atoms with Gasteiger partial charge >= 0.3 is 0 Å². The zero-order valence-electron chi connectivity index (χ0n) is 15.2. The van der Waals surface area contributed by atoms with E-state index in [2.05, 4.69) is 42.2 Å². The minimum absolute atomic E-state index is 0.160. The van der Waals surface area contributed by atoms with Crippen LogP contribution < -0.4 is 0 Å². The van der Waals surface area contributed by atoms with Crippen molar-refractivity contribution >= 4 is 17.7 Å². The second-order valence-electron chi connectivity index (χ2n) is 6.77. The number of likely N-dealkylation sites (tertiary alicyclic amines) is 1. The van der Waals surface area contributed by atoms with Gasteiger partial charge in [-0.1, -0.05) is 42.3 Å². The summed E-state index contributed by atoms with van der Waals surface area (Å²) in [5, 5.41) is 8.92. The largest absolute Gasteiger partial charge is 0.342 e. The predicted octanol–water partition coefficient (Wildman–Crippen LogP) is 3.77. The number of carbonyl (C=O) groups excluding carboxylic acids is 1. The third kappa shape index (κ3) is 4.24. The van der Waals surface area contributed by atoms with Gasteiger partial charge in [0.05, 0.1) is 10.9 Å². The van der Waals surface area contributed by atoms with Crippen LogP contribution in [0.5, 0.6) is 0 Å². The summed E-state index contributed by atoms with van der Waals surface area (Å²) in [7, 11) is 0. The van der Waals surface area contributed by atoms with Gasteiger partial charge < -0.3 is 4.90 Å². The molecule has 1 unspecified atom stereocenters. The van der Waals surface area contributed by atoms with E-state index in [1.165, 1.54) is 35.7 Å². The molecule has 3 rings (SSSR count). The van der Waals surface area contributed by atoms with Gasteiger partial charge in [0.25, 0.3) is 0 Å². The topological polar surface area (TPSA) is 51.0 Å². The van der Waals surface area contributed by atoms with Crippen LogP contribution in [-0.2, 0) is 4.79 Å². The Kier molecular flexibility index (Phi) is 5.78. The molecule has 134 valence electrons. The second kappa shape index (κ2) is 8.04. The number of hydrogen-bond acceptors (Lipinski definition) is 4. The Balaban J connectivity index is 1.75. The number of thioether (sulfide) groups is 1. The Morgan fingerprint density at radius 3 is 2.56 bits per heavy atom. The van der Waals surface area contributed by atoms with E-state index in [-0.39, 0.29) is 11.2 Å². The molecule has 0 spiro atoms. The molecule has 2 aromatic rings. The molecule has 1 fully saturated rings. The molecule has 1 saturated heterocycles. The van der Waals surface area contributed by atoms with E-state index in [1.807, 2.05) is 16.4 Å². The molecule has 1 aliphatic rings. The van der Waals surface area contributed by atoms with Crippen LogP contribution in [0.3, 0.4) is 0 Å². The molecular weight excluding hydrogens is 332 g/mol. The lowest BCUT2D eigenvalue weighted by Crippen LogP contribution is -2.37. The van der Waals surface area contributed by atoms with Crippen LogP contribution in [-0.4, -0.2) is 43.9 Å². The lowest BCUT2D eigenvalue weighted by molar-refractivity contribution is -0.130. The van der Waals surface area contributed by atoms with Crippen molar-refractivity contribution in [2.24, 2.45) is 0 Å². The predicted molar refractivity (Wildman–Crippen MR) is 101 cm³/mol. The number of amides is 1. The first-order valence-electron chi connectivity index (χ1n) is 8.99. The van der Waals surface area contributed by atoms with E-state index >= 15 is 0 Å². The fourth-order valence-electron chi connectivity index (χ4n) is 3.30. The van der Waals surface area contributed by atoms with Gasteiger partial charge in [0.15, 0.2) is 5.16 Å². The van der Waals surface area contributed by atoms with Crippen molar-refractivity contribution in [3.63, 3.8) is 0 Å².